The van der Waals surface area contributed by atoms with E-state index in [0.717, 1.165) is 24.5 Å². The second kappa shape index (κ2) is 13.0. The molecule has 0 fully saturated rings. The van der Waals surface area contributed by atoms with Crippen LogP contribution in [0.5, 0.6) is 5.75 Å². The molecule has 0 amide bonds. The second-order valence-electron chi connectivity index (χ2n) is 5.77. The number of nitrogens with one attached hydrogen (secondary N) is 1. The van der Waals surface area contributed by atoms with Gasteiger partial charge >= 0.3 is 0 Å². The molecule has 1 N–H and O–H groups in total. The van der Waals surface area contributed by atoms with Crippen molar-refractivity contribution in [1.82, 2.24) is 0 Å². The van der Waals surface area contributed by atoms with E-state index < -0.39 is 0 Å². The van der Waals surface area contributed by atoms with Gasteiger partial charge in [-0.25, -0.2) is 0 Å². The molecule has 0 heterocycles. The summed E-state index contributed by atoms with van der Waals surface area (Å²) in [4.78, 5) is 0. The van der Waals surface area contributed by atoms with Crippen molar-refractivity contribution >= 4 is 5.69 Å². The monoisotopic (exact) mass is 325 g/mol. The molecule has 0 aliphatic rings. The standard InChI is InChI=1S/C20H27N3O/c1-2-3-4-5-6-7-8-9-14-24-20-12-10-19(11-13-20)23-17-18(15-21)16-22/h10-13,17,23H,2-9,14H2,1H3. The molecule has 0 aromatic heterocycles. The Hall–Kier alpha value is -2.46. The number of hydrogen-bond donors (Lipinski definition) is 1. The van der Waals surface area contributed by atoms with Crippen molar-refractivity contribution in [1.29, 1.82) is 10.5 Å². The van der Waals surface area contributed by atoms with Gasteiger partial charge in [0.1, 0.15) is 23.5 Å². The maximum absolute atomic E-state index is 8.66. The smallest absolute Gasteiger partial charge is 0.145 e. The van der Waals surface area contributed by atoms with E-state index in [1.54, 1.807) is 12.1 Å². The summed E-state index contributed by atoms with van der Waals surface area (Å²) < 4.78 is 5.73. The lowest BCUT2D eigenvalue weighted by Crippen LogP contribution is -1.97. The highest BCUT2D eigenvalue weighted by atomic mass is 16.5. The number of benzene rings is 1. The third-order valence-electron chi connectivity index (χ3n) is 3.75. The van der Waals surface area contributed by atoms with Crippen molar-refractivity contribution in [3.63, 3.8) is 0 Å². The number of unbranched alkanes of at least 4 members (excludes halogenated alkanes) is 7. The third kappa shape index (κ3) is 8.86. The van der Waals surface area contributed by atoms with Crippen LogP contribution in [0.25, 0.3) is 0 Å². The molecule has 4 nitrogen and oxygen atoms in total. The fraction of sp³-hybridized carbons (Fsp3) is 0.500. The fourth-order valence-corrected chi connectivity index (χ4v) is 2.32. The van der Waals surface area contributed by atoms with E-state index in [0.29, 0.717) is 0 Å². The number of nitrogens with zero attached hydrogens (tertiary/aromatic N) is 2. The van der Waals surface area contributed by atoms with Crippen LogP contribution in [0.4, 0.5) is 5.69 Å². The van der Waals surface area contributed by atoms with E-state index in [9.17, 15) is 0 Å². The lowest BCUT2D eigenvalue weighted by Gasteiger charge is -2.07. The van der Waals surface area contributed by atoms with Gasteiger partial charge in [0.2, 0.25) is 0 Å². The molecule has 4 heteroatoms. The molecule has 0 bridgehead atoms. The van der Waals surface area contributed by atoms with Gasteiger partial charge in [0.25, 0.3) is 0 Å². The normalized spacial score (nSPS) is 9.62. The Morgan fingerprint density at radius 3 is 2.12 bits per heavy atom. The summed E-state index contributed by atoms with van der Waals surface area (Å²) in [5.41, 5.74) is 0.863. The largest absolute Gasteiger partial charge is 0.494 e. The first-order valence-corrected chi connectivity index (χ1v) is 8.80. The maximum atomic E-state index is 8.66. The minimum atomic E-state index is 0.0463. The number of rotatable bonds is 12. The van der Waals surface area contributed by atoms with Crippen molar-refractivity contribution in [2.24, 2.45) is 0 Å². The van der Waals surface area contributed by atoms with Gasteiger partial charge in [-0.3, -0.25) is 0 Å². The molecule has 1 aromatic rings. The van der Waals surface area contributed by atoms with Crippen LogP contribution >= 0.6 is 0 Å². The molecule has 1 aromatic carbocycles. The molecule has 0 saturated carbocycles. The number of ether oxygens (including phenoxy) is 1. The lowest BCUT2D eigenvalue weighted by atomic mass is 10.1. The number of nitriles is 2. The van der Waals surface area contributed by atoms with E-state index in [-0.39, 0.29) is 5.57 Å². The molecular weight excluding hydrogens is 298 g/mol. The molecule has 0 atom stereocenters. The lowest BCUT2D eigenvalue weighted by molar-refractivity contribution is 0.304. The van der Waals surface area contributed by atoms with Gasteiger partial charge in [0.15, 0.2) is 0 Å². The molecule has 0 radical (unpaired) electrons. The van der Waals surface area contributed by atoms with Crippen molar-refractivity contribution < 1.29 is 4.74 Å². The van der Waals surface area contributed by atoms with Gasteiger partial charge in [0, 0.05) is 11.9 Å². The van der Waals surface area contributed by atoms with Crippen molar-refractivity contribution in [2.75, 3.05) is 11.9 Å². The van der Waals surface area contributed by atoms with Crippen LogP contribution in [-0.2, 0) is 0 Å². The Morgan fingerprint density at radius 1 is 0.958 bits per heavy atom. The summed E-state index contributed by atoms with van der Waals surface area (Å²) in [7, 11) is 0. The Balaban J connectivity index is 2.16. The number of anilines is 1. The Morgan fingerprint density at radius 2 is 1.54 bits per heavy atom. The Kier molecular flexibility index (Phi) is 10.6. The molecule has 0 aliphatic heterocycles. The first-order valence-electron chi connectivity index (χ1n) is 8.80. The topological polar surface area (TPSA) is 68.8 Å². The fourth-order valence-electron chi connectivity index (χ4n) is 2.32. The summed E-state index contributed by atoms with van der Waals surface area (Å²) in [5, 5.41) is 20.2. The maximum Gasteiger partial charge on any atom is 0.145 e. The molecule has 0 spiro atoms. The molecule has 0 aliphatic carbocycles. The summed E-state index contributed by atoms with van der Waals surface area (Å²) in [6.45, 7) is 2.99. The minimum absolute atomic E-state index is 0.0463. The van der Waals surface area contributed by atoms with E-state index in [1.165, 1.54) is 51.1 Å². The van der Waals surface area contributed by atoms with Gasteiger partial charge in [-0.15, -0.1) is 0 Å². The summed E-state index contributed by atoms with van der Waals surface area (Å²) in [6, 6.07) is 11.1. The molecule has 1 rings (SSSR count). The molecule has 24 heavy (non-hydrogen) atoms. The van der Waals surface area contributed by atoms with Gasteiger partial charge < -0.3 is 10.1 Å². The molecule has 0 unspecified atom stereocenters. The minimum Gasteiger partial charge on any atom is -0.494 e. The van der Waals surface area contributed by atoms with Crippen LogP contribution in [0.3, 0.4) is 0 Å². The quantitative estimate of drug-likeness (QED) is 0.404. The van der Waals surface area contributed by atoms with E-state index in [2.05, 4.69) is 12.2 Å². The first-order chi connectivity index (χ1) is 11.8. The van der Waals surface area contributed by atoms with Crippen LogP contribution < -0.4 is 10.1 Å². The predicted molar refractivity (Wildman–Crippen MR) is 97.5 cm³/mol. The predicted octanol–water partition coefficient (Wildman–Crippen LogP) is 5.55. The van der Waals surface area contributed by atoms with Crippen LogP contribution in [0.15, 0.2) is 36.0 Å². The van der Waals surface area contributed by atoms with Crippen LogP contribution in [0.2, 0.25) is 0 Å². The average Bonchev–Trinajstić information content (AvgIpc) is 2.62. The van der Waals surface area contributed by atoms with Gasteiger partial charge in [-0.05, 0) is 30.7 Å². The van der Waals surface area contributed by atoms with Crippen molar-refractivity contribution in [2.45, 2.75) is 58.3 Å². The van der Waals surface area contributed by atoms with Crippen LogP contribution in [-0.4, -0.2) is 6.61 Å². The van der Waals surface area contributed by atoms with Crippen molar-refractivity contribution in [3.05, 3.63) is 36.0 Å². The third-order valence-corrected chi connectivity index (χ3v) is 3.75. The van der Waals surface area contributed by atoms with Gasteiger partial charge in [-0.2, -0.15) is 10.5 Å². The van der Waals surface area contributed by atoms with E-state index in [4.69, 9.17) is 15.3 Å². The highest BCUT2D eigenvalue weighted by Crippen LogP contribution is 2.16. The Labute approximate surface area is 145 Å². The molecule has 0 saturated heterocycles. The second-order valence-corrected chi connectivity index (χ2v) is 5.77. The highest BCUT2D eigenvalue weighted by Gasteiger charge is 1.97. The summed E-state index contributed by atoms with van der Waals surface area (Å²) in [5.74, 6) is 0.841. The number of hydrogen-bond acceptors (Lipinski definition) is 4. The SMILES string of the molecule is CCCCCCCCCCOc1ccc(NC=C(C#N)C#N)cc1. The number of allylic oxidation sites excluding steroid dienone is 1. The van der Waals surface area contributed by atoms with Crippen LogP contribution in [0.1, 0.15) is 58.3 Å². The molecule has 128 valence electrons. The van der Waals surface area contributed by atoms with Crippen molar-refractivity contribution in [3.8, 4) is 17.9 Å². The Bertz CT molecular complexity index is 548. The van der Waals surface area contributed by atoms with E-state index in [1.807, 2.05) is 24.3 Å². The van der Waals surface area contributed by atoms with Gasteiger partial charge in [0.05, 0.1) is 6.61 Å². The first kappa shape index (κ1) is 19.6. The zero-order valence-electron chi connectivity index (χ0n) is 14.6. The zero-order valence-corrected chi connectivity index (χ0v) is 14.6. The summed E-state index contributed by atoms with van der Waals surface area (Å²) in [6.07, 6.45) is 11.7. The summed E-state index contributed by atoms with van der Waals surface area (Å²) >= 11 is 0. The molecular formula is C20H27N3O. The van der Waals surface area contributed by atoms with E-state index >= 15 is 0 Å². The average molecular weight is 325 g/mol. The van der Waals surface area contributed by atoms with Gasteiger partial charge in [-0.1, -0.05) is 51.9 Å². The highest BCUT2D eigenvalue weighted by molar-refractivity contribution is 5.51. The zero-order chi connectivity index (χ0) is 17.5. The van der Waals surface area contributed by atoms with Crippen LogP contribution in [0, 0.1) is 22.7 Å².